The molecule has 0 unspecified atom stereocenters. The summed E-state index contributed by atoms with van der Waals surface area (Å²) in [5.41, 5.74) is 1.05. The number of sulfonamides is 1. The number of piperazine rings is 1. The van der Waals surface area contributed by atoms with Crippen LogP contribution in [-0.2, 0) is 17.1 Å². The number of hydrogen-bond donors (Lipinski definition) is 0. The van der Waals surface area contributed by atoms with E-state index in [1.807, 2.05) is 29.8 Å². The minimum absolute atomic E-state index is 0.146. The third-order valence-electron chi connectivity index (χ3n) is 5.71. The van der Waals surface area contributed by atoms with E-state index in [9.17, 15) is 8.42 Å². The van der Waals surface area contributed by atoms with Gasteiger partial charge in [0.05, 0.1) is 5.25 Å². The van der Waals surface area contributed by atoms with Crippen LogP contribution in [0.15, 0.2) is 42.5 Å². The van der Waals surface area contributed by atoms with Crippen LogP contribution in [0.5, 0.6) is 0 Å². The van der Waals surface area contributed by atoms with Gasteiger partial charge in [-0.3, -0.25) is 4.57 Å². The molecule has 8 heteroatoms. The molecular weight excluding hydrogens is 374 g/mol. The number of aromatic nitrogens is 3. The molecule has 1 aromatic heterocycles. The molecule has 2 aliphatic rings. The molecule has 7 nitrogen and oxygen atoms in total. The second kappa shape index (κ2) is 6.56. The summed E-state index contributed by atoms with van der Waals surface area (Å²) >= 11 is 0. The summed E-state index contributed by atoms with van der Waals surface area (Å²) in [7, 11) is -1.13. The van der Waals surface area contributed by atoms with Crippen molar-refractivity contribution in [2.24, 2.45) is 7.05 Å². The van der Waals surface area contributed by atoms with E-state index >= 15 is 0 Å². The molecule has 0 amide bonds. The lowest BCUT2D eigenvalue weighted by Crippen LogP contribution is -2.50. The minimum atomic E-state index is -3.10. The van der Waals surface area contributed by atoms with E-state index in [0.717, 1.165) is 35.6 Å². The number of hydrogen-bond acceptors (Lipinski definition) is 5. The normalized spacial score (nSPS) is 18.7. The molecule has 5 rings (SSSR count). The van der Waals surface area contributed by atoms with Gasteiger partial charge in [-0.05, 0) is 23.6 Å². The van der Waals surface area contributed by atoms with E-state index in [4.69, 9.17) is 0 Å². The van der Waals surface area contributed by atoms with Crippen molar-refractivity contribution in [3.8, 4) is 11.4 Å². The van der Waals surface area contributed by atoms with Gasteiger partial charge in [-0.25, -0.2) is 8.42 Å². The van der Waals surface area contributed by atoms with E-state index in [1.54, 1.807) is 4.31 Å². The highest BCUT2D eigenvalue weighted by Crippen LogP contribution is 2.32. The fraction of sp³-hybridized carbons (Fsp3) is 0.400. The number of rotatable bonds is 4. The van der Waals surface area contributed by atoms with Crippen molar-refractivity contribution >= 4 is 26.7 Å². The van der Waals surface area contributed by atoms with Gasteiger partial charge in [0.2, 0.25) is 16.0 Å². The summed E-state index contributed by atoms with van der Waals surface area (Å²) in [5, 5.41) is 11.1. The van der Waals surface area contributed by atoms with Crippen LogP contribution in [0.4, 0.5) is 5.95 Å². The molecule has 0 radical (unpaired) electrons. The monoisotopic (exact) mass is 397 g/mol. The molecule has 0 bridgehead atoms. The Morgan fingerprint density at radius 1 is 0.929 bits per heavy atom. The van der Waals surface area contributed by atoms with Gasteiger partial charge in [0.15, 0.2) is 5.82 Å². The molecule has 1 saturated carbocycles. The smallest absolute Gasteiger partial charge is 0.227 e. The van der Waals surface area contributed by atoms with E-state index in [-0.39, 0.29) is 5.25 Å². The van der Waals surface area contributed by atoms with Crippen molar-refractivity contribution in [2.75, 3.05) is 31.1 Å². The average Bonchev–Trinajstić information content (AvgIpc) is 3.51. The Morgan fingerprint density at radius 2 is 1.64 bits per heavy atom. The lowest BCUT2D eigenvalue weighted by atomic mass is 10.0. The third kappa shape index (κ3) is 2.87. The number of fused-ring (bicyclic) bond motifs is 1. The zero-order valence-electron chi connectivity index (χ0n) is 15.8. The van der Waals surface area contributed by atoms with Gasteiger partial charge >= 0.3 is 0 Å². The third-order valence-corrected chi connectivity index (χ3v) is 8.11. The van der Waals surface area contributed by atoms with Crippen molar-refractivity contribution in [3.05, 3.63) is 42.5 Å². The topological polar surface area (TPSA) is 71.3 Å². The van der Waals surface area contributed by atoms with Crippen LogP contribution in [0.25, 0.3) is 22.2 Å². The molecule has 2 heterocycles. The minimum Gasteiger partial charge on any atom is -0.338 e. The second-order valence-electron chi connectivity index (χ2n) is 7.54. The lowest BCUT2D eigenvalue weighted by Gasteiger charge is -2.34. The van der Waals surface area contributed by atoms with Gasteiger partial charge in [-0.15, -0.1) is 10.2 Å². The van der Waals surface area contributed by atoms with Gasteiger partial charge in [0.1, 0.15) is 0 Å². The van der Waals surface area contributed by atoms with Crippen LogP contribution < -0.4 is 4.90 Å². The average molecular weight is 398 g/mol. The first-order valence-electron chi connectivity index (χ1n) is 9.67. The maximum Gasteiger partial charge on any atom is 0.227 e. The van der Waals surface area contributed by atoms with Crippen LogP contribution in [-0.4, -0.2) is 58.9 Å². The van der Waals surface area contributed by atoms with Crippen LogP contribution >= 0.6 is 0 Å². The Balaban J connectivity index is 1.41. The maximum atomic E-state index is 12.4. The second-order valence-corrected chi connectivity index (χ2v) is 9.75. The van der Waals surface area contributed by atoms with Gasteiger partial charge in [-0.1, -0.05) is 42.5 Å². The quantitative estimate of drug-likeness (QED) is 0.675. The molecule has 1 aliphatic carbocycles. The number of benzene rings is 2. The number of nitrogens with zero attached hydrogens (tertiary/aromatic N) is 5. The molecule has 1 aliphatic heterocycles. The summed E-state index contributed by atoms with van der Waals surface area (Å²) in [5.74, 6) is 1.60. The standard InChI is InChI=1S/C20H23N5O2S/c1-23-19(18-8-4-6-15-5-2-3-7-17(15)18)21-22-20(23)24-11-13-25(14-12-24)28(26,27)16-9-10-16/h2-8,16H,9-14H2,1H3. The molecular formula is C20H23N5O2S. The first-order valence-corrected chi connectivity index (χ1v) is 11.2. The highest BCUT2D eigenvalue weighted by Gasteiger charge is 2.41. The van der Waals surface area contributed by atoms with Crippen molar-refractivity contribution < 1.29 is 8.42 Å². The molecule has 2 aromatic carbocycles. The summed E-state index contributed by atoms with van der Waals surface area (Å²) < 4.78 is 28.5. The summed E-state index contributed by atoms with van der Waals surface area (Å²) in [6, 6.07) is 14.4. The SMILES string of the molecule is Cn1c(-c2cccc3ccccc23)nnc1N1CCN(S(=O)(=O)C2CC2)CC1. The highest BCUT2D eigenvalue weighted by atomic mass is 32.2. The first kappa shape index (κ1) is 17.6. The molecule has 146 valence electrons. The first-order chi connectivity index (χ1) is 13.6. The number of anilines is 1. The van der Waals surface area contributed by atoms with E-state index < -0.39 is 10.0 Å². The molecule has 0 spiro atoms. The molecule has 0 atom stereocenters. The molecule has 0 N–H and O–H groups in total. The molecule has 1 saturated heterocycles. The molecule has 2 fully saturated rings. The van der Waals surface area contributed by atoms with Gasteiger partial charge < -0.3 is 4.90 Å². The largest absolute Gasteiger partial charge is 0.338 e. The van der Waals surface area contributed by atoms with Crippen molar-refractivity contribution in [3.63, 3.8) is 0 Å². The summed E-state index contributed by atoms with van der Waals surface area (Å²) in [6.07, 6.45) is 1.61. The Morgan fingerprint density at radius 3 is 2.39 bits per heavy atom. The molecule has 28 heavy (non-hydrogen) atoms. The van der Waals surface area contributed by atoms with Crippen molar-refractivity contribution in [1.82, 2.24) is 19.1 Å². The highest BCUT2D eigenvalue weighted by molar-refractivity contribution is 7.90. The van der Waals surface area contributed by atoms with Crippen molar-refractivity contribution in [2.45, 2.75) is 18.1 Å². The Bertz CT molecular complexity index is 1120. The predicted molar refractivity (Wildman–Crippen MR) is 110 cm³/mol. The lowest BCUT2D eigenvalue weighted by molar-refractivity contribution is 0.381. The van der Waals surface area contributed by atoms with Crippen LogP contribution in [0.2, 0.25) is 0 Å². The summed E-state index contributed by atoms with van der Waals surface area (Å²) in [6.45, 7) is 2.28. The van der Waals surface area contributed by atoms with Gasteiger partial charge in [0, 0.05) is 38.8 Å². The fourth-order valence-electron chi connectivity index (χ4n) is 3.97. The van der Waals surface area contributed by atoms with Crippen LogP contribution in [0.1, 0.15) is 12.8 Å². The maximum absolute atomic E-state index is 12.4. The van der Waals surface area contributed by atoms with E-state index in [0.29, 0.717) is 26.2 Å². The van der Waals surface area contributed by atoms with E-state index in [2.05, 4.69) is 39.4 Å². The van der Waals surface area contributed by atoms with Gasteiger partial charge in [0.25, 0.3) is 0 Å². The van der Waals surface area contributed by atoms with Gasteiger partial charge in [-0.2, -0.15) is 4.31 Å². The van der Waals surface area contributed by atoms with Crippen LogP contribution in [0.3, 0.4) is 0 Å². The van der Waals surface area contributed by atoms with Crippen LogP contribution in [0, 0.1) is 0 Å². The zero-order valence-corrected chi connectivity index (χ0v) is 16.6. The van der Waals surface area contributed by atoms with Crippen molar-refractivity contribution in [1.29, 1.82) is 0 Å². The zero-order chi connectivity index (χ0) is 19.3. The fourth-order valence-corrected chi connectivity index (χ4v) is 5.80. The predicted octanol–water partition coefficient (Wildman–Crippen LogP) is 2.25. The molecule has 3 aromatic rings. The summed E-state index contributed by atoms with van der Waals surface area (Å²) in [4.78, 5) is 2.13. The Labute approximate surface area is 164 Å². The Hall–Kier alpha value is -2.45. The van der Waals surface area contributed by atoms with E-state index in [1.165, 1.54) is 5.39 Å². The Kier molecular flexibility index (Phi) is 4.13.